The van der Waals surface area contributed by atoms with Gasteiger partial charge >= 0.3 is 0 Å². The van der Waals surface area contributed by atoms with Crippen LogP contribution in [0.15, 0.2) is 36.0 Å². The van der Waals surface area contributed by atoms with Gasteiger partial charge in [-0.25, -0.2) is 9.97 Å². The number of nitrogens with zero attached hydrogens (tertiary/aromatic N) is 2. The van der Waals surface area contributed by atoms with Gasteiger partial charge < -0.3 is 11.1 Å². The monoisotopic (exact) mass is 326 g/mol. The summed E-state index contributed by atoms with van der Waals surface area (Å²) < 4.78 is 0.821. The molecule has 0 fully saturated rings. The summed E-state index contributed by atoms with van der Waals surface area (Å²) in [6.45, 7) is 2.66. The molecule has 3 N–H and O–H groups in total. The first kappa shape index (κ1) is 15.6. The summed E-state index contributed by atoms with van der Waals surface area (Å²) in [6, 6.07) is 7.83. The van der Waals surface area contributed by atoms with E-state index in [1.807, 2.05) is 36.6 Å². The number of benzene rings is 1. The molecule has 5 nitrogen and oxygen atoms in total. The van der Waals surface area contributed by atoms with Crippen molar-refractivity contribution in [2.45, 2.75) is 19.8 Å². The van der Waals surface area contributed by atoms with Crippen LogP contribution in [0.5, 0.6) is 0 Å². The molecule has 0 unspecified atom stereocenters. The van der Waals surface area contributed by atoms with Gasteiger partial charge in [0.25, 0.3) is 5.91 Å². The van der Waals surface area contributed by atoms with E-state index in [1.165, 1.54) is 23.2 Å². The number of carbonyl (C=O) groups is 1. The molecule has 1 amide bonds. The van der Waals surface area contributed by atoms with Gasteiger partial charge in [0.2, 0.25) is 0 Å². The van der Waals surface area contributed by atoms with Crippen molar-refractivity contribution < 1.29 is 4.79 Å². The Labute approximate surface area is 138 Å². The first-order valence-corrected chi connectivity index (χ1v) is 8.36. The number of carbonyl (C=O) groups excluding carboxylic acids is 1. The van der Waals surface area contributed by atoms with E-state index in [0.717, 1.165) is 34.3 Å². The van der Waals surface area contributed by atoms with Crippen LogP contribution >= 0.6 is 11.3 Å². The van der Waals surface area contributed by atoms with Crippen molar-refractivity contribution in [3.8, 4) is 0 Å². The van der Waals surface area contributed by atoms with Gasteiger partial charge in [-0.05, 0) is 54.9 Å². The Morgan fingerprint density at radius 2 is 2.04 bits per heavy atom. The fourth-order valence-corrected chi connectivity index (χ4v) is 3.37. The number of anilines is 1. The Balaban J connectivity index is 1.78. The Morgan fingerprint density at radius 3 is 2.78 bits per heavy atom. The van der Waals surface area contributed by atoms with Crippen molar-refractivity contribution in [2.24, 2.45) is 5.73 Å². The van der Waals surface area contributed by atoms with Crippen LogP contribution in [0.25, 0.3) is 10.2 Å². The van der Waals surface area contributed by atoms with Crippen molar-refractivity contribution in [3.63, 3.8) is 0 Å². The summed E-state index contributed by atoms with van der Waals surface area (Å²) in [5.41, 5.74) is 9.80. The van der Waals surface area contributed by atoms with Gasteiger partial charge in [0.05, 0.1) is 10.2 Å². The number of thiophene rings is 1. The number of nitrogens with one attached hydrogen (secondary N) is 1. The molecular weight excluding hydrogens is 308 g/mol. The average molecular weight is 326 g/mol. The van der Waals surface area contributed by atoms with Crippen LogP contribution in [0.2, 0.25) is 0 Å². The molecule has 0 aliphatic rings. The van der Waals surface area contributed by atoms with Crippen molar-refractivity contribution in [1.29, 1.82) is 0 Å². The van der Waals surface area contributed by atoms with E-state index < -0.39 is 0 Å². The predicted octanol–water partition coefficient (Wildman–Crippen LogP) is 3.14. The lowest BCUT2D eigenvalue weighted by molar-refractivity contribution is 0.102. The van der Waals surface area contributed by atoms with Crippen LogP contribution in [0.1, 0.15) is 28.0 Å². The zero-order valence-electron chi connectivity index (χ0n) is 12.9. The van der Waals surface area contributed by atoms with Gasteiger partial charge in [0.1, 0.15) is 12.0 Å². The SMILES string of the molecule is Cc1csc2c(C(=O)Nc3ccc(CCCN)cc3)ncnc12. The normalized spacial score (nSPS) is 10.9. The van der Waals surface area contributed by atoms with E-state index in [1.54, 1.807) is 0 Å². The highest BCUT2D eigenvalue weighted by atomic mass is 32.1. The quantitative estimate of drug-likeness (QED) is 0.755. The average Bonchev–Trinajstić information content (AvgIpc) is 2.95. The minimum Gasteiger partial charge on any atom is -0.330 e. The number of hydrogen-bond acceptors (Lipinski definition) is 5. The smallest absolute Gasteiger partial charge is 0.275 e. The van der Waals surface area contributed by atoms with Gasteiger partial charge in [-0.15, -0.1) is 11.3 Å². The number of rotatable bonds is 5. The summed E-state index contributed by atoms with van der Waals surface area (Å²) in [7, 11) is 0. The van der Waals surface area contributed by atoms with Gasteiger partial charge in [-0.2, -0.15) is 0 Å². The topological polar surface area (TPSA) is 80.9 Å². The van der Waals surface area contributed by atoms with Crippen molar-refractivity contribution >= 4 is 33.1 Å². The van der Waals surface area contributed by atoms with E-state index in [-0.39, 0.29) is 5.91 Å². The highest BCUT2D eigenvalue weighted by Crippen LogP contribution is 2.26. The molecular formula is C17H18N4OS. The molecule has 0 saturated carbocycles. The second-order valence-electron chi connectivity index (χ2n) is 5.36. The highest BCUT2D eigenvalue weighted by Gasteiger charge is 2.15. The van der Waals surface area contributed by atoms with E-state index >= 15 is 0 Å². The number of nitrogens with two attached hydrogens (primary N) is 1. The summed E-state index contributed by atoms with van der Waals surface area (Å²) in [5.74, 6) is -0.214. The standard InChI is InChI=1S/C17H18N4OS/c1-11-9-23-16-14(11)19-10-20-15(16)17(22)21-13-6-4-12(5-7-13)3-2-8-18/h4-7,9-10H,2-3,8,18H2,1H3,(H,21,22). The number of aromatic nitrogens is 2. The van der Waals surface area contributed by atoms with Gasteiger partial charge in [0, 0.05) is 5.69 Å². The Morgan fingerprint density at radius 1 is 1.26 bits per heavy atom. The molecule has 118 valence electrons. The molecule has 2 heterocycles. The molecule has 0 bridgehead atoms. The maximum Gasteiger partial charge on any atom is 0.275 e. The maximum absolute atomic E-state index is 12.5. The fourth-order valence-electron chi connectivity index (χ4n) is 2.38. The molecule has 0 saturated heterocycles. The Kier molecular flexibility index (Phi) is 4.64. The van der Waals surface area contributed by atoms with Gasteiger partial charge in [-0.1, -0.05) is 12.1 Å². The first-order chi connectivity index (χ1) is 11.2. The number of fused-ring (bicyclic) bond motifs is 1. The third-order valence-corrected chi connectivity index (χ3v) is 4.72. The molecule has 3 aromatic rings. The molecule has 23 heavy (non-hydrogen) atoms. The van der Waals surface area contributed by atoms with E-state index in [4.69, 9.17) is 5.73 Å². The number of hydrogen-bond donors (Lipinski definition) is 2. The van der Waals surface area contributed by atoms with Crippen molar-refractivity contribution in [3.05, 3.63) is 52.8 Å². The Hall–Kier alpha value is -2.31. The number of amides is 1. The number of aryl methyl sites for hydroxylation is 2. The maximum atomic E-state index is 12.5. The van der Waals surface area contributed by atoms with Crippen LogP contribution in [0.4, 0.5) is 5.69 Å². The molecule has 0 aliphatic carbocycles. The largest absolute Gasteiger partial charge is 0.330 e. The predicted molar refractivity (Wildman–Crippen MR) is 93.9 cm³/mol. The van der Waals surface area contributed by atoms with Crippen LogP contribution in [-0.2, 0) is 6.42 Å². The molecule has 0 atom stereocenters. The third-order valence-electron chi connectivity index (χ3n) is 3.63. The zero-order chi connectivity index (χ0) is 16.2. The van der Waals surface area contributed by atoms with Crippen molar-refractivity contribution in [2.75, 3.05) is 11.9 Å². The van der Waals surface area contributed by atoms with Crippen LogP contribution in [0, 0.1) is 6.92 Å². The molecule has 6 heteroatoms. The van der Waals surface area contributed by atoms with E-state index in [9.17, 15) is 4.79 Å². The van der Waals surface area contributed by atoms with E-state index in [0.29, 0.717) is 12.2 Å². The summed E-state index contributed by atoms with van der Waals surface area (Å²) in [4.78, 5) is 20.9. The molecule has 3 rings (SSSR count). The van der Waals surface area contributed by atoms with Gasteiger partial charge in [-0.3, -0.25) is 4.79 Å². The third kappa shape index (κ3) is 3.38. The van der Waals surface area contributed by atoms with Crippen LogP contribution < -0.4 is 11.1 Å². The second-order valence-corrected chi connectivity index (χ2v) is 6.24. The Bertz CT molecular complexity index is 826. The lowest BCUT2D eigenvalue weighted by Crippen LogP contribution is -2.14. The summed E-state index contributed by atoms with van der Waals surface area (Å²) >= 11 is 1.49. The molecule has 0 aliphatic heterocycles. The summed E-state index contributed by atoms with van der Waals surface area (Å²) in [6.07, 6.45) is 3.35. The van der Waals surface area contributed by atoms with Crippen molar-refractivity contribution in [1.82, 2.24) is 9.97 Å². The molecule has 0 radical (unpaired) electrons. The van der Waals surface area contributed by atoms with E-state index in [2.05, 4.69) is 15.3 Å². The lowest BCUT2D eigenvalue weighted by atomic mass is 10.1. The summed E-state index contributed by atoms with van der Waals surface area (Å²) in [5, 5.41) is 4.88. The molecule has 0 spiro atoms. The fraction of sp³-hybridized carbons (Fsp3) is 0.235. The minimum absolute atomic E-state index is 0.214. The lowest BCUT2D eigenvalue weighted by Gasteiger charge is -2.06. The van der Waals surface area contributed by atoms with Gasteiger partial charge in [0.15, 0.2) is 0 Å². The second kappa shape index (κ2) is 6.85. The van der Waals surface area contributed by atoms with Crippen LogP contribution in [0.3, 0.4) is 0 Å². The van der Waals surface area contributed by atoms with Crippen LogP contribution in [-0.4, -0.2) is 22.4 Å². The minimum atomic E-state index is -0.214. The molecule has 2 aromatic heterocycles. The zero-order valence-corrected chi connectivity index (χ0v) is 13.7. The highest BCUT2D eigenvalue weighted by molar-refractivity contribution is 7.17. The first-order valence-electron chi connectivity index (χ1n) is 7.48. The molecule has 1 aromatic carbocycles.